The summed E-state index contributed by atoms with van der Waals surface area (Å²) in [5.74, 6) is 0. The molecule has 1 aliphatic rings. The van der Waals surface area contributed by atoms with E-state index < -0.39 is 0 Å². The lowest BCUT2D eigenvalue weighted by molar-refractivity contribution is 0.100. The minimum Gasteiger partial charge on any atom is -0.316 e. The van der Waals surface area contributed by atoms with Crippen molar-refractivity contribution < 1.29 is 0 Å². The van der Waals surface area contributed by atoms with E-state index in [4.69, 9.17) is 0 Å². The minimum atomic E-state index is 0.495. The maximum Gasteiger partial charge on any atom is 0.00645 e. The van der Waals surface area contributed by atoms with Gasteiger partial charge in [0, 0.05) is 19.1 Å². The van der Waals surface area contributed by atoms with Crippen LogP contribution in [0.3, 0.4) is 0 Å². The predicted molar refractivity (Wildman–Crippen MR) is 76.4 cm³/mol. The molecule has 0 radical (unpaired) electrons. The first-order valence-electron chi connectivity index (χ1n) is 7.56. The zero-order valence-corrected chi connectivity index (χ0v) is 12.4. The van der Waals surface area contributed by atoms with Gasteiger partial charge in [0.25, 0.3) is 0 Å². The Bertz CT molecular complexity index is 197. The summed E-state index contributed by atoms with van der Waals surface area (Å²) < 4.78 is 0. The summed E-state index contributed by atoms with van der Waals surface area (Å²) in [6.07, 6.45) is 6.65. The molecule has 1 N–H and O–H groups in total. The normalized spacial score (nSPS) is 27.4. The van der Waals surface area contributed by atoms with Crippen molar-refractivity contribution in [3.05, 3.63) is 0 Å². The Labute approximate surface area is 108 Å². The average molecular weight is 240 g/mol. The third-order valence-corrected chi connectivity index (χ3v) is 4.28. The molecular weight excluding hydrogens is 208 g/mol. The molecule has 2 atom stereocenters. The van der Waals surface area contributed by atoms with E-state index in [0.29, 0.717) is 5.41 Å². The molecule has 2 nitrogen and oxygen atoms in total. The molecule has 1 saturated heterocycles. The molecule has 1 fully saturated rings. The zero-order chi connectivity index (χ0) is 12.7. The van der Waals surface area contributed by atoms with Crippen molar-refractivity contribution >= 4 is 0 Å². The summed E-state index contributed by atoms with van der Waals surface area (Å²) in [6, 6.07) is 0.736. The summed E-state index contributed by atoms with van der Waals surface area (Å²) in [5, 5.41) is 3.57. The van der Waals surface area contributed by atoms with Gasteiger partial charge in [0.2, 0.25) is 0 Å². The second kappa shape index (κ2) is 7.38. The van der Waals surface area contributed by atoms with Crippen molar-refractivity contribution in [1.82, 2.24) is 10.2 Å². The maximum absolute atomic E-state index is 3.57. The second-order valence-corrected chi connectivity index (χ2v) is 6.17. The second-order valence-electron chi connectivity index (χ2n) is 6.17. The van der Waals surface area contributed by atoms with Crippen LogP contribution in [-0.4, -0.2) is 37.1 Å². The summed E-state index contributed by atoms with van der Waals surface area (Å²) >= 11 is 0. The molecule has 0 bridgehead atoms. The monoisotopic (exact) mass is 240 g/mol. The molecule has 0 aromatic heterocycles. The fourth-order valence-electron chi connectivity index (χ4n) is 2.82. The van der Waals surface area contributed by atoms with E-state index in [0.717, 1.165) is 6.04 Å². The van der Waals surface area contributed by atoms with Gasteiger partial charge in [-0.05, 0) is 51.1 Å². The fourth-order valence-corrected chi connectivity index (χ4v) is 2.82. The number of unbranched alkanes of at least 4 members (excludes halogenated alkanes) is 1. The molecule has 0 saturated carbocycles. The number of rotatable bonds is 7. The summed E-state index contributed by atoms with van der Waals surface area (Å²) in [5.41, 5.74) is 0.495. The van der Waals surface area contributed by atoms with Gasteiger partial charge in [-0.3, -0.25) is 0 Å². The van der Waals surface area contributed by atoms with E-state index in [1.54, 1.807) is 0 Å². The summed E-state index contributed by atoms with van der Waals surface area (Å²) in [6.45, 7) is 14.4. The quantitative estimate of drug-likeness (QED) is 0.735. The lowest BCUT2D eigenvalue weighted by atomic mass is 9.82. The standard InChI is InChI=1S/C15H32N2/c1-5-7-11-17(14(3)6-2)13-15(4)9-8-10-16-12-15/h14,16H,5-13H2,1-4H3. The van der Waals surface area contributed by atoms with Crippen molar-refractivity contribution in [2.75, 3.05) is 26.2 Å². The molecule has 0 aliphatic carbocycles. The maximum atomic E-state index is 3.57. The van der Waals surface area contributed by atoms with Gasteiger partial charge in [-0.2, -0.15) is 0 Å². The van der Waals surface area contributed by atoms with Gasteiger partial charge in [0.1, 0.15) is 0 Å². The Morgan fingerprint density at radius 2 is 2.12 bits per heavy atom. The molecule has 0 aromatic rings. The van der Waals surface area contributed by atoms with Crippen molar-refractivity contribution in [2.45, 2.75) is 65.8 Å². The molecule has 102 valence electrons. The summed E-state index contributed by atoms with van der Waals surface area (Å²) in [7, 11) is 0. The van der Waals surface area contributed by atoms with Crippen LogP contribution in [0.4, 0.5) is 0 Å². The van der Waals surface area contributed by atoms with E-state index >= 15 is 0 Å². The van der Waals surface area contributed by atoms with Crippen LogP contribution >= 0.6 is 0 Å². The highest BCUT2D eigenvalue weighted by Crippen LogP contribution is 2.27. The summed E-state index contributed by atoms with van der Waals surface area (Å²) in [4.78, 5) is 2.72. The van der Waals surface area contributed by atoms with Gasteiger partial charge in [-0.25, -0.2) is 0 Å². The first-order chi connectivity index (χ1) is 8.11. The van der Waals surface area contributed by atoms with E-state index in [2.05, 4.69) is 37.9 Å². The van der Waals surface area contributed by atoms with Crippen molar-refractivity contribution in [3.63, 3.8) is 0 Å². The van der Waals surface area contributed by atoms with Crippen molar-refractivity contribution in [1.29, 1.82) is 0 Å². The van der Waals surface area contributed by atoms with Gasteiger partial charge in [-0.15, -0.1) is 0 Å². The average Bonchev–Trinajstić information content (AvgIpc) is 2.34. The Morgan fingerprint density at radius 1 is 1.35 bits per heavy atom. The third kappa shape index (κ3) is 4.97. The molecule has 1 heterocycles. The zero-order valence-electron chi connectivity index (χ0n) is 12.4. The van der Waals surface area contributed by atoms with E-state index in [-0.39, 0.29) is 0 Å². The highest BCUT2D eigenvalue weighted by Gasteiger charge is 2.30. The molecule has 1 rings (SSSR count). The lowest BCUT2D eigenvalue weighted by Crippen LogP contribution is -2.48. The number of nitrogens with one attached hydrogen (secondary N) is 1. The minimum absolute atomic E-state index is 0.495. The predicted octanol–water partition coefficient (Wildman–Crippen LogP) is 3.28. The van der Waals surface area contributed by atoms with Gasteiger partial charge in [-0.1, -0.05) is 27.2 Å². The third-order valence-electron chi connectivity index (χ3n) is 4.28. The van der Waals surface area contributed by atoms with E-state index in [9.17, 15) is 0 Å². The topological polar surface area (TPSA) is 15.3 Å². The van der Waals surface area contributed by atoms with Gasteiger partial charge < -0.3 is 10.2 Å². The molecule has 1 aliphatic heterocycles. The Balaban J connectivity index is 2.50. The molecular formula is C15H32N2. The molecule has 0 aromatic carbocycles. The van der Waals surface area contributed by atoms with Crippen LogP contribution in [0.5, 0.6) is 0 Å². The van der Waals surface area contributed by atoms with E-state index in [1.165, 1.54) is 58.3 Å². The smallest absolute Gasteiger partial charge is 0.00645 e. The van der Waals surface area contributed by atoms with Crippen LogP contribution in [0, 0.1) is 5.41 Å². The molecule has 0 spiro atoms. The van der Waals surface area contributed by atoms with Crippen LogP contribution in [-0.2, 0) is 0 Å². The van der Waals surface area contributed by atoms with Crippen LogP contribution in [0.15, 0.2) is 0 Å². The Morgan fingerprint density at radius 3 is 2.65 bits per heavy atom. The van der Waals surface area contributed by atoms with Crippen LogP contribution in [0.2, 0.25) is 0 Å². The number of hydrogen-bond donors (Lipinski definition) is 1. The fraction of sp³-hybridized carbons (Fsp3) is 1.00. The first kappa shape index (κ1) is 15.0. The van der Waals surface area contributed by atoms with Crippen LogP contribution in [0.1, 0.15) is 59.8 Å². The van der Waals surface area contributed by atoms with Gasteiger partial charge in [0.05, 0.1) is 0 Å². The highest BCUT2D eigenvalue weighted by atomic mass is 15.2. The SMILES string of the molecule is CCCCN(CC1(C)CCCNC1)C(C)CC. The largest absolute Gasteiger partial charge is 0.316 e. The Kier molecular flexibility index (Phi) is 6.50. The van der Waals surface area contributed by atoms with Crippen molar-refractivity contribution in [2.24, 2.45) is 5.41 Å². The van der Waals surface area contributed by atoms with E-state index in [1.807, 2.05) is 0 Å². The van der Waals surface area contributed by atoms with Crippen LogP contribution in [0.25, 0.3) is 0 Å². The van der Waals surface area contributed by atoms with Gasteiger partial charge >= 0.3 is 0 Å². The lowest BCUT2D eigenvalue weighted by Gasteiger charge is -2.41. The first-order valence-corrected chi connectivity index (χ1v) is 7.56. The molecule has 17 heavy (non-hydrogen) atoms. The Hall–Kier alpha value is -0.0800. The number of piperidine rings is 1. The van der Waals surface area contributed by atoms with Gasteiger partial charge in [0.15, 0.2) is 0 Å². The van der Waals surface area contributed by atoms with Crippen LogP contribution < -0.4 is 5.32 Å². The van der Waals surface area contributed by atoms with Crippen molar-refractivity contribution in [3.8, 4) is 0 Å². The highest BCUT2D eigenvalue weighted by molar-refractivity contribution is 4.85. The molecule has 2 unspecified atom stereocenters. The number of hydrogen-bond acceptors (Lipinski definition) is 2. The molecule has 2 heteroatoms. The number of nitrogens with zero attached hydrogens (tertiary/aromatic N) is 1. The molecule has 0 amide bonds.